The third-order valence-electron chi connectivity index (χ3n) is 2.65. The average molecular weight is 222 g/mol. The van der Waals surface area contributed by atoms with Crippen LogP contribution >= 0.6 is 0 Å². The predicted octanol–water partition coefficient (Wildman–Crippen LogP) is 0.633. The van der Waals surface area contributed by atoms with E-state index in [9.17, 15) is 4.79 Å². The number of hydrogen-bond acceptors (Lipinski definition) is 5. The number of hydrogen-bond donors (Lipinski definition) is 0. The molecule has 1 atom stereocenters. The molecule has 1 saturated heterocycles. The second-order valence-corrected chi connectivity index (χ2v) is 3.76. The van der Waals surface area contributed by atoms with Crippen molar-refractivity contribution in [1.29, 1.82) is 0 Å². The molecule has 2 rings (SSSR count). The summed E-state index contributed by atoms with van der Waals surface area (Å²) in [4.78, 5) is 19.8. The Balaban J connectivity index is 1.99. The molecule has 16 heavy (non-hydrogen) atoms. The molecule has 0 aromatic carbocycles. The molecule has 0 amide bonds. The van der Waals surface area contributed by atoms with Crippen molar-refractivity contribution in [3.05, 3.63) is 18.1 Å². The van der Waals surface area contributed by atoms with Crippen LogP contribution in [0.4, 0.5) is 0 Å². The summed E-state index contributed by atoms with van der Waals surface area (Å²) >= 11 is 0. The molecule has 5 nitrogen and oxygen atoms in total. The van der Waals surface area contributed by atoms with E-state index in [1.54, 1.807) is 13.2 Å². The van der Waals surface area contributed by atoms with E-state index in [4.69, 9.17) is 9.47 Å². The van der Waals surface area contributed by atoms with Crippen LogP contribution in [0.2, 0.25) is 0 Å². The van der Waals surface area contributed by atoms with Crippen LogP contribution in [0.5, 0.6) is 5.88 Å². The van der Waals surface area contributed by atoms with Gasteiger partial charge in [0.1, 0.15) is 12.1 Å². The van der Waals surface area contributed by atoms with Crippen molar-refractivity contribution in [1.82, 2.24) is 9.97 Å². The number of ketones is 1. The number of carbonyl (C=O) groups is 1. The molecular weight excluding hydrogens is 208 g/mol. The minimum atomic E-state index is 0.0287. The van der Waals surface area contributed by atoms with Crippen LogP contribution in [-0.2, 0) is 16.0 Å². The number of aromatic nitrogens is 2. The lowest BCUT2D eigenvalue weighted by Crippen LogP contribution is -2.17. The molecule has 0 N–H and O–H groups in total. The highest BCUT2D eigenvalue weighted by atomic mass is 16.5. The molecule has 0 bridgehead atoms. The molecule has 1 aromatic heterocycles. The number of methoxy groups -OCH3 is 1. The first-order chi connectivity index (χ1) is 7.79. The Kier molecular flexibility index (Phi) is 3.46. The van der Waals surface area contributed by atoms with Crippen molar-refractivity contribution in [3.8, 4) is 5.88 Å². The van der Waals surface area contributed by atoms with E-state index < -0.39 is 0 Å². The van der Waals surface area contributed by atoms with Gasteiger partial charge in [-0.25, -0.2) is 9.97 Å². The second-order valence-electron chi connectivity index (χ2n) is 3.76. The quantitative estimate of drug-likeness (QED) is 0.747. The molecule has 86 valence electrons. The van der Waals surface area contributed by atoms with Crippen LogP contribution in [0.3, 0.4) is 0 Å². The Hall–Kier alpha value is -1.49. The lowest BCUT2D eigenvalue weighted by molar-refractivity contribution is -0.122. The maximum absolute atomic E-state index is 11.8. The van der Waals surface area contributed by atoms with E-state index >= 15 is 0 Å². The molecule has 1 aromatic rings. The summed E-state index contributed by atoms with van der Waals surface area (Å²) in [6.07, 6.45) is 2.56. The zero-order valence-corrected chi connectivity index (χ0v) is 9.18. The normalized spacial score (nSPS) is 19.7. The van der Waals surface area contributed by atoms with Gasteiger partial charge in [0.2, 0.25) is 5.88 Å². The predicted molar refractivity (Wildman–Crippen MR) is 56.2 cm³/mol. The monoisotopic (exact) mass is 222 g/mol. The van der Waals surface area contributed by atoms with Gasteiger partial charge in [0.05, 0.1) is 19.4 Å². The lowest BCUT2D eigenvalue weighted by atomic mass is 10.00. The molecule has 1 fully saturated rings. The van der Waals surface area contributed by atoms with Crippen LogP contribution < -0.4 is 4.74 Å². The van der Waals surface area contributed by atoms with E-state index in [1.807, 2.05) is 0 Å². The van der Waals surface area contributed by atoms with Crippen LogP contribution in [0.1, 0.15) is 12.1 Å². The largest absolute Gasteiger partial charge is 0.481 e. The van der Waals surface area contributed by atoms with Gasteiger partial charge in [-0.2, -0.15) is 0 Å². The number of nitrogens with zero attached hydrogens (tertiary/aromatic N) is 2. The highest BCUT2D eigenvalue weighted by Gasteiger charge is 2.23. The minimum Gasteiger partial charge on any atom is -0.481 e. The molecule has 0 radical (unpaired) electrons. The highest BCUT2D eigenvalue weighted by Crippen LogP contribution is 2.16. The maximum atomic E-state index is 11.8. The van der Waals surface area contributed by atoms with Gasteiger partial charge >= 0.3 is 0 Å². The van der Waals surface area contributed by atoms with Crippen LogP contribution in [0.15, 0.2) is 12.4 Å². The summed E-state index contributed by atoms with van der Waals surface area (Å²) in [5, 5.41) is 0. The highest BCUT2D eigenvalue weighted by molar-refractivity contribution is 5.83. The van der Waals surface area contributed by atoms with Gasteiger partial charge in [-0.05, 0) is 6.42 Å². The Morgan fingerprint density at radius 2 is 2.50 bits per heavy atom. The smallest absolute Gasteiger partial charge is 0.216 e. The van der Waals surface area contributed by atoms with E-state index in [-0.39, 0.29) is 11.7 Å². The second kappa shape index (κ2) is 5.03. The number of Topliss-reactive ketones (excluding diaryl/α,β-unsaturated/α-hetero) is 1. The maximum Gasteiger partial charge on any atom is 0.216 e. The standard InChI is InChI=1S/C11H14N2O3/c1-15-11-5-9(12-7-13-11)4-10(14)8-2-3-16-6-8/h5,7-8H,2-4,6H2,1H3. The van der Waals surface area contributed by atoms with E-state index in [1.165, 1.54) is 6.33 Å². The molecule has 0 spiro atoms. The minimum absolute atomic E-state index is 0.0287. The molecule has 1 aliphatic rings. The van der Waals surface area contributed by atoms with Crippen LogP contribution in [-0.4, -0.2) is 36.1 Å². The summed E-state index contributed by atoms with van der Waals surface area (Å²) < 4.78 is 10.2. The number of ether oxygens (including phenoxy) is 2. The molecule has 5 heteroatoms. The summed E-state index contributed by atoms with van der Waals surface area (Å²) in [5.41, 5.74) is 0.698. The van der Waals surface area contributed by atoms with Gasteiger partial charge in [0, 0.05) is 25.0 Å². The molecule has 0 saturated carbocycles. The number of rotatable bonds is 4. The fraction of sp³-hybridized carbons (Fsp3) is 0.545. The van der Waals surface area contributed by atoms with Crippen molar-refractivity contribution in [2.24, 2.45) is 5.92 Å². The van der Waals surface area contributed by atoms with Gasteiger partial charge in [-0.15, -0.1) is 0 Å². The van der Waals surface area contributed by atoms with Gasteiger partial charge in [0.15, 0.2) is 0 Å². The Bertz CT molecular complexity index is 375. The van der Waals surface area contributed by atoms with Crippen LogP contribution in [0.25, 0.3) is 0 Å². The summed E-state index contributed by atoms with van der Waals surface area (Å²) in [6.45, 7) is 1.23. The summed E-state index contributed by atoms with van der Waals surface area (Å²) in [5.74, 6) is 0.694. The molecule has 1 unspecified atom stereocenters. The lowest BCUT2D eigenvalue weighted by Gasteiger charge is -2.06. The first kappa shape index (κ1) is 11.0. The first-order valence-electron chi connectivity index (χ1n) is 5.25. The molecular formula is C11H14N2O3. The Morgan fingerprint density at radius 1 is 1.62 bits per heavy atom. The van der Waals surface area contributed by atoms with Gasteiger partial charge < -0.3 is 9.47 Å². The SMILES string of the molecule is COc1cc(CC(=O)C2CCOC2)ncn1. The van der Waals surface area contributed by atoms with Crippen LogP contribution in [0, 0.1) is 5.92 Å². The average Bonchev–Trinajstić information content (AvgIpc) is 2.83. The van der Waals surface area contributed by atoms with Gasteiger partial charge in [-0.3, -0.25) is 4.79 Å². The van der Waals surface area contributed by atoms with Crippen molar-refractivity contribution in [2.45, 2.75) is 12.8 Å². The zero-order valence-electron chi connectivity index (χ0n) is 9.18. The van der Waals surface area contributed by atoms with Crippen molar-refractivity contribution in [2.75, 3.05) is 20.3 Å². The van der Waals surface area contributed by atoms with Gasteiger partial charge in [-0.1, -0.05) is 0 Å². The van der Waals surface area contributed by atoms with Crippen molar-refractivity contribution in [3.63, 3.8) is 0 Å². The molecule has 2 heterocycles. The van der Waals surface area contributed by atoms with Gasteiger partial charge in [0.25, 0.3) is 0 Å². The van der Waals surface area contributed by atoms with E-state index in [0.717, 1.165) is 6.42 Å². The summed E-state index contributed by atoms with van der Waals surface area (Å²) in [7, 11) is 1.54. The summed E-state index contributed by atoms with van der Waals surface area (Å²) in [6, 6.07) is 1.69. The first-order valence-corrected chi connectivity index (χ1v) is 5.25. The van der Waals surface area contributed by atoms with Crippen molar-refractivity contribution >= 4 is 5.78 Å². The fourth-order valence-electron chi connectivity index (χ4n) is 1.70. The molecule has 0 aliphatic carbocycles. The Labute approximate surface area is 93.8 Å². The van der Waals surface area contributed by atoms with E-state index in [0.29, 0.717) is 31.2 Å². The fourth-order valence-corrected chi connectivity index (χ4v) is 1.70. The topological polar surface area (TPSA) is 61.3 Å². The molecule has 1 aliphatic heterocycles. The van der Waals surface area contributed by atoms with Crippen molar-refractivity contribution < 1.29 is 14.3 Å². The Morgan fingerprint density at radius 3 is 3.19 bits per heavy atom. The van der Waals surface area contributed by atoms with E-state index in [2.05, 4.69) is 9.97 Å². The zero-order chi connectivity index (χ0) is 11.4. The third kappa shape index (κ3) is 2.55. The third-order valence-corrected chi connectivity index (χ3v) is 2.65. The number of carbonyl (C=O) groups excluding carboxylic acids is 1.